The summed E-state index contributed by atoms with van der Waals surface area (Å²) in [5, 5.41) is 2.96. The number of anilines is 1. The lowest BCUT2D eigenvalue weighted by atomic mass is 10.1. The van der Waals surface area contributed by atoms with Gasteiger partial charge in [0, 0.05) is 0 Å². The second-order valence-corrected chi connectivity index (χ2v) is 8.69. The van der Waals surface area contributed by atoms with Crippen molar-refractivity contribution < 1.29 is 28.3 Å². The number of likely N-dealkylation sites (tertiary alicyclic amines) is 1. The van der Waals surface area contributed by atoms with Crippen LogP contribution in [0, 0.1) is 6.92 Å². The minimum atomic E-state index is -0.586. The highest BCUT2D eigenvalue weighted by atomic mass is 32.1. The molecule has 3 rings (SSSR count). The molecule has 0 radical (unpaired) electrons. The normalized spacial score (nSPS) is 14.2. The third-order valence-electron chi connectivity index (χ3n) is 5.19. The minimum Gasteiger partial charge on any atom is -0.462 e. The second kappa shape index (κ2) is 11.3. The maximum absolute atomic E-state index is 12.8. The predicted molar refractivity (Wildman–Crippen MR) is 121 cm³/mol. The average molecular weight is 463 g/mol. The number of esters is 2. The molecular weight excluding hydrogens is 432 g/mol. The predicted octanol–water partition coefficient (Wildman–Crippen LogP) is 4.63. The molecule has 2 aromatic rings. The van der Waals surface area contributed by atoms with E-state index >= 15 is 0 Å². The number of hydrogen-bond acceptors (Lipinski definition) is 8. The van der Waals surface area contributed by atoms with Crippen molar-refractivity contribution in [3.8, 4) is 0 Å². The fourth-order valence-electron chi connectivity index (χ4n) is 3.59. The first kappa shape index (κ1) is 24.0. The van der Waals surface area contributed by atoms with Crippen molar-refractivity contribution in [3.05, 3.63) is 39.7 Å². The Bertz CT molecular complexity index is 958. The fourth-order valence-corrected chi connectivity index (χ4v) is 4.68. The van der Waals surface area contributed by atoms with Gasteiger partial charge in [0.1, 0.15) is 15.6 Å². The standard InChI is InChI=1S/C23H30N2O6S/c1-4-13-30-22(27)18-15(3)19(23(28)29-5-2)32-21(18)24-20(26)17-10-9-16(31-17)14-25-11-7-6-8-12-25/h9-10H,4-8,11-14H2,1-3H3,(H,24,26). The Morgan fingerprint density at radius 3 is 2.53 bits per heavy atom. The number of amides is 1. The van der Waals surface area contributed by atoms with Crippen LogP contribution in [-0.4, -0.2) is 49.0 Å². The van der Waals surface area contributed by atoms with Gasteiger partial charge in [-0.15, -0.1) is 11.3 Å². The van der Waals surface area contributed by atoms with Crippen LogP contribution in [0.4, 0.5) is 5.00 Å². The first-order valence-corrected chi connectivity index (χ1v) is 11.9. The summed E-state index contributed by atoms with van der Waals surface area (Å²) in [6.45, 7) is 8.40. The number of carbonyl (C=O) groups is 3. The van der Waals surface area contributed by atoms with Crippen LogP contribution in [0.2, 0.25) is 0 Å². The molecule has 1 amide bonds. The molecule has 0 saturated carbocycles. The summed E-state index contributed by atoms with van der Waals surface area (Å²) in [5.74, 6) is -0.752. The highest BCUT2D eigenvalue weighted by Crippen LogP contribution is 2.35. The van der Waals surface area contributed by atoms with Gasteiger partial charge in [0.15, 0.2) is 5.76 Å². The highest BCUT2D eigenvalue weighted by Gasteiger charge is 2.28. The van der Waals surface area contributed by atoms with Gasteiger partial charge in [-0.3, -0.25) is 9.69 Å². The third-order valence-corrected chi connectivity index (χ3v) is 6.38. The van der Waals surface area contributed by atoms with Gasteiger partial charge in [-0.1, -0.05) is 13.3 Å². The van der Waals surface area contributed by atoms with Crippen molar-refractivity contribution in [1.82, 2.24) is 4.90 Å². The molecule has 1 aliphatic heterocycles. The van der Waals surface area contributed by atoms with Crippen LogP contribution < -0.4 is 5.32 Å². The van der Waals surface area contributed by atoms with Gasteiger partial charge >= 0.3 is 11.9 Å². The molecular formula is C23H30N2O6S. The zero-order valence-corrected chi connectivity index (χ0v) is 19.6. The molecule has 174 valence electrons. The number of piperidine rings is 1. The summed E-state index contributed by atoms with van der Waals surface area (Å²) >= 11 is 0.997. The Morgan fingerprint density at radius 2 is 1.84 bits per heavy atom. The number of nitrogens with zero attached hydrogens (tertiary/aromatic N) is 1. The van der Waals surface area contributed by atoms with E-state index in [0.29, 0.717) is 24.3 Å². The molecule has 8 nitrogen and oxygen atoms in total. The van der Waals surface area contributed by atoms with E-state index in [-0.39, 0.29) is 34.4 Å². The van der Waals surface area contributed by atoms with Crippen LogP contribution in [-0.2, 0) is 16.0 Å². The van der Waals surface area contributed by atoms with Crippen molar-refractivity contribution in [2.24, 2.45) is 0 Å². The molecule has 1 N–H and O–H groups in total. The summed E-state index contributed by atoms with van der Waals surface area (Å²) in [4.78, 5) is 40.4. The zero-order valence-electron chi connectivity index (χ0n) is 18.8. The molecule has 0 aromatic carbocycles. The van der Waals surface area contributed by atoms with E-state index < -0.39 is 17.8 Å². The van der Waals surface area contributed by atoms with Crippen molar-refractivity contribution in [3.63, 3.8) is 0 Å². The second-order valence-electron chi connectivity index (χ2n) is 7.67. The zero-order chi connectivity index (χ0) is 23.1. The van der Waals surface area contributed by atoms with Crippen molar-refractivity contribution in [2.45, 2.75) is 53.0 Å². The first-order chi connectivity index (χ1) is 15.4. The van der Waals surface area contributed by atoms with Gasteiger partial charge < -0.3 is 19.2 Å². The van der Waals surface area contributed by atoms with Crippen LogP contribution in [0.3, 0.4) is 0 Å². The number of thiophene rings is 1. The Kier molecular flexibility index (Phi) is 8.46. The number of carbonyl (C=O) groups excluding carboxylic acids is 3. The highest BCUT2D eigenvalue weighted by molar-refractivity contribution is 7.18. The lowest BCUT2D eigenvalue weighted by molar-refractivity contribution is 0.0506. The molecule has 0 unspecified atom stereocenters. The lowest BCUT2D eigenvalue weighted by Crippen LogP contribution is -2.28. The van der Waals surface area contributed by atoms with E-state index in [1.54, 1.807) is 26.0 Å². The summed E-state index contributed by atoms with van der Waals surface area (Å²) in [6.07, 6.45) is 4.25. The number of ether oxygens (including phenoxy) is 2. The van der Waals surface area contributed by atoms with Crippen molar-refractivity contribution >= 4 is 34.2 Å². The molecule has 1 fully saturated rings. The van der Waals surface area contributed by atoms with Crippen molar-refractivity contribution in [1.29, 1.82) is 0 Å². The molecule has 0 aliphatic carbocycles. The molecule has 0 spiro atoms. The van der Waals surface area contributed by atoms with Gasteiger partial charge in [0.25, 0.3) is 5.91 Å². The van der Waals surface area contributed by atoms with Gasteiger partial charge in [0.2, 0.25) is 0 Å². The summed E-state index contributed by atoms with van der Waals surface area (Å²) in [7, 11) is 0. The lowest BCUT2D eigenvalue weighted by Gasteiger charge is -2.25. The number of nitrogens with one attached hydrogen (secondary N) is 1. The quantitative estimate of drug-likeness (QED) is 0.543. The van der Waals surface area contributed by atoms with E-state index in [4.69, 9.17) is 13.9 Å². The molecule has 1 aliphatic rings. The fraction of sp³-hybridized carbons (Fsp3) is 0.522. The molecule has 1 saturated heterocycles. The topological polar surface area (TPSA) is 98.1 Å². The van der Waals surface area contributed by atoms with Gasteiger partial charge in [-0.2, -0.15) is 0 Å². The van der Waals surface area contributed by atoms with E-state index in [2.05, 4.69) is 10.2 Å². The van der Waals surface area contributed by atoms with Gasteiger partial charge in [-0.25, -0.2) is 9.59 Å². The van der Waals surface area contributed by atoms with Gasteiger partial charge in [0.05, 0.1) is 25.3 Å². The van der Waals surface area contributed by atoms with Gasteiger partial charge in [-0.05, 0) is 63.9 Å². The Labute approximate surface area is 191 Å². The maximum Gasteiger partial charge on any atom is 0.348 e. The third kappa shape index (κ3) is 5.77. The van der Waals surface area contributed by atoms with E-state index in [1.165, 1.54) is 19.3 Å². The average Bonchev–Trinajstić information content (AvgIpc) is 3.37. The number of hydrogen-bond donors (Lipinski definition) is 1. The summed E-state index contributed by atoms with van der Waals surface area (Å²) < 4.78 is 16.1. The van der Waals surface area contributed by atoms with Crippen LogP contribution in [0.25, 0.3) is 0 Å². The monoisotopic (exact) mass is 462 g/mol. The Morgan fingerprint density at radius 1 is 1.09 bits per heavy atom. The Hall–Kier alpha value is -2.65. The van der Waals surface area contributed by atoms with E-state index in [0.717, 1.165) is 24.4 Å². The maximum atomic E-state index is 12.8. The number of furan rings is 1. The molecule has 3 heterocycles. The molecule has 0 atom stereocenters. The minimum absolute atomic E-state index is 0.147. The smallest absolute Gasteiger partial charge is 0.348 e. The van der Waals surface area contributed by atoms with Crippen LogP contribution in [0.1, 0.15) is 81.4 Å². The SMILES string of the molecule is CCCOC(=O)c1c(NC(=O)c2ccc(CN3CCCCC3)o2)sc(C(=O)OCC)c1C. The Balaban J connectivity index is 1.78. The van der Waals surface area contributed by atoms with E-state index in [1.807, 2.05) is 6.92 Å². The molecule has 32 heavy (non-hydrogen) atoms. The summed E-state index contributed by atoms with van der Waals surface area (Å²) in [6, 6.07) is 3.42. The van der Waals surface area contributed by atoms with Crippen LogP contribution in [0.5, 0.6) is 0 Å². The van der Waals surface area contributed by atoms with Crippen LogP contribution in [0.15, 0.2) is 16.5 Å². The summed E-state index contributed by atoms with van der Waals surface area (Å²) in [5.41, 5.74) is 0.593. The molecule has 9 heteroatoms. The van der Waals surface area contributed by atoms with E-state index in [9.17, 15) is 14.4 Å². The van der Waals surface area contributed by atoms with Crippen molar-refractivity contribution in [2.75, 3.05) is 31.6 Å². The van der Waals surface area contributed by atoms with Crippen LogP contribution >= 0.6 is 11.3 Å². The first-order valence-electron chi connectivity index (χ1n) is 11.0. The number of rotatable bonds is 9. The molecule has 2 aromatic heterocycles. The largest absolute Gasteiger partial charge is 0.462 e. The molecule has 0 bridgehead atoms.